The van der Waals surface area contributed by atoms with Gasteiger partial charge in [0.1, 0.15) is 0 Å². The number of rotatable bonds is 9. The van der Waals surface area contributed by atoms with E-state index >= 15 is 0 Å². The minimum absolute atomic E-state index is 0.00229. The highest BCUT2D eigenvalue weighted by atomic mass is 32.2. The van der Waals surface area contributed by atoms with Crippen LogP contribution in [0, 0.1) is 0 Å². The van der Waals surface area contributed by atoms with Crippen LogP contribution < -0.4 is 4.72 Å². The van der Waals surface area contributed by atoms with E-state index in [1.807, 2.05) is 0 Å². The fourth-order valence-corrected chi connectivity index (χ4v) is 3.43. The van der Waals surface area contributed by atoms with Gasteiger partial charge in [0.25, 0.3) is 0 Å². The van der Waals surface area contributed by atoms with Gasteiger partial charge in [0.15, 0.2) is 0 Å². The Hall–Kier alpha value is -0.910. The van der Waals surface area contributed by atoms with Gasteiger partial charge < -0.3 is 5.11 Å². The van der Waals surface area contributed by atoms with Crippen molar-refractivity contribution in [1.82, 2.24) is 4.72 Å². The first-order chi connectivity index (χ1) is 9.53. The summed E-state index contributed by atoms with van der Waals surface area (Å²) in [4.78, 5) is 0.257. The van der Waals surface area contributed by atoms with Gasteiger partial charge in [0.2, 0.25) is 10.0 Å². The molecule has 20 heavy (non-hydrogen) atoms. The molecule has 0 spiro atoms. The van der Waals surface area contributed by atoms with Crippen LogP contribution in [-0.2, 0) is 16.6 Å². The van der Waals surface area contributed by atoms with Crippen molar-refractivity contribution in [1.29, 1.82) is 0 Å². The van der Waals surface area contributed by atoms with Gasteiger partial charge in [-0.05, 0) is 30.5 Å². The highest BCUT2D eigenvalue weighted by molar-refractivity contribution is 7.89. The lowest BCUT2D eigenvalue weighted by molar-refractivity contribution is 0.282. The fraction of sp³-hybridized carbons (Fsp3) is 0.600. The lowest BCUT2D eigenvalue weighted by Crippen LogP contribution is -2.34. The maximum Gasteiger partial charge on any atom is 0.240 e. The number of benzene rings is 1. The van der Waals surface area contributed by atoms with Gasteiger partial charge in [-0.15, -0.1) is 0 Å². The summed E-state index contributed by atoms with van der Waals surface area (Å²) in [6.07, 6.45) is 4.77. The molecule has 0 fully saturated rings. The predicted molar refractivity (Wildman–Crippen MR) is 80.9 cm³/mol. The first-order valence-corrected chi connectivity index (χ1v) is 8.74. The molecule has 1 unspecified atom stereocenters. The van der Waals surface area contributed by atoms with E-state index in [-0.39, 0.29) is 17.5 Å². The van der Waals surface area contributed by atoms with Crippen LogP contribution in [0.3, 0.4) is 0 Å². The Balaban J connectivity index is 2.79. The molecule has 4 nitrogen and oxygen atoms in total. The molecule has 1 aromatic rings. The Morgan fingerprint density at radius 1 is 1.10 bits per heavy atom. The molecule has 0 aliphatic heterocycles. The highest BCUT2D eigenvalue weighted by Gasteiger charge is 2.19. The average molecular weight is 299 g/mol. The quantitative estimate of drug-likeness (QED) is 0.737. The number of aliphatic hydroxyl groups excluding tert-OH is 1. The third kappa shape index (κ3) is 5.23. The molecule has 0 saturated carbocycles. The Bertz CT molecular complexity index is 482. The minimum Gasteiger partial charge on any atom is -0.392 e. The van der Waals surface area contributed by atoms with Crippen molar-refractivity contribution >= 4 is 10.0 Å². The van der Waals surface area contributed by atoms with E-state index in [4.69, 9.17) is 5.11 Å². The van der Waals surface area contributed by atoms with Gasteiger partial charge >= 0.3 is 0 Å². The molecule has 1 atom stereocenters. The van der Waals surface area contributed by atoms with Gasteiger partial charge in [0, 0.05) is 6.04 Å². The molecule has 0 amide bonds. The molecule has 5 heteroatoms. The van der Waals surface area contributed by atoms with Crippen molar-refractivity contribution in [3.8, 4) is 0 Å². The zero-order valence-corrected chi connectivity index (χ0v) is 13.1. The Labute approximate surface area is 122 Å². The maximum absolute atomic E-state index is 12.3. The SMILES string of the molecule is CCCCC(CCC)NS(=O)(=O)c1ccc(CO)cc1. The van der Waals surface area contributed by atoms with E-state index in [1.54, 1.807) is 12.1 Å². The second-order valence-corrected chi connectivity index (χ2v) is 6.77. The molecular weight excluding hydrogens is 274 g/mol. The summed E-state index contributed by atoms with van der Waals surface area (Å²) >= 11 is 0. The Kier molecular flexibility index (Phi) is 7.19. The second-order valence-electron chi connectivity index (χ2n) is 5.05. The molecule has 0 saturated heterocycles. The van der Waals surface area contributed by atoms with Crippen molar-refractivity contribution in [3.05, 3.63) is 29.8 Å². The van der Waals surface area contributed by atoms with Crippen molar-refractivity contribution in [2.75, 3.05) is 0 Å². The molecule has 1 aromatic carbocycles. The molecule has 2 N–H and O–H groups in total. The zero-order valence-electron chi connectivity index (χ0n) is 12.3. The first kappa shape index (κ1) is 17.1. The van der Waals surface area contributed by atoms with Gasteiger partial charge in [-0.1, -0.05) is 45.2 Å². The van der Waals surface area contributed by atoms with Crippen LogP contribution >= 0.6 is 0 Å². The number of hydrogen-bond donors (Lipinski definition) is 2. The van der Waals surface area contributed by atoms with Crippen LogP contribution in [0.2, 0.25) is 0 Å². The number of unbranched alkanes of at least 4 members (excludes halogenated alkanes) is 1. The zero-order chi connectivity index (χ0) is 15.0. The molecular formula is C15H25NO3S. The van der Waals surface area contributed by atoms with Gasteiger partial charge in [-0.2, -0.15) is 0 Å². The Morgan fingerprint density at radius 2 is 1.75 bits per heavy atom. The van der Waals surface area contributed by atoms with E-state index in [9.17, 15) is 8.42 Å². The van der Waals surface area contributed by atoms with Gasteiger partial charge in [0.05, 0.1) is 11.5 Å². The number of aliphatic hydroxyl groups is 1. The summed E-state index contributed by atoms with van der Waals surface area (Å²) in [5.74, 6) is 0. The van der Waals surface area contributed by atoms with Crippen molar-refractivity contribution in [3.63, 3.8) is 0 Å². The van der Waals surface area contributed by atoms with E-state index < -0.39 is 10.0 Å². The summed E-state index contributed by atoms with van der Waals surface area (Å²) in [5.41, 5.74) is 0.708. The summed E-state index contributed by atoms with van der Waals surface area (Å²) < 4.78 is 27.4. The van der Waals surface area contributed by atoms with Gasteiger partial charge in [-0.25, -0.2) is 13.1 Å². The first-order valence-electron chi connectivity index (χ1n) is 7.25. The van der Waals surface area contributed by atoms with Crippen LogP contribution in [0.4, 0.5) is 0 Å². The molecule has 0 aliphatic carbocycles. The largest absolute Gasteiger partial charge is 0.392 e. The van der Waals surface area contributed by atoms with Crippen LogP contribution in [0.15, 0.2) is 29.2 Å². The molecule has 0 aromatic heterocycles. The van der Waals surface area contributed by atoms with E-state index in [0.29, 0.717) is 5.56 Å². The summed E-state index contributed by atoms with van der Waals surface area (Å²) in [5, 5.41) is 8.98. The normalized spacial score (nSPS) is 13.3. The van der Waals surface area contributed by atoms with Crippen molar-refractivity contribution in [2.24, 2.45) is 0 Å². The van der Waals surface area contributed by atoms with Crippen molar-refractivity contribution < 1.29 is 13.5 Å². The molecule has 0 bridgehead atoms. The topological polar surface area (TPSA) is 66.4 Å². The number of hydrogen-bond acceptors (Lipinski definition) is 3. The average Bonchev–Trinajstić information content (AvgIpc) is 2.45. The summed E-state index contributed by atoms with van der Waals surface area (Å²) in [6.45, 7) is 4.08. The fourth-order valence-electron chi connectivity index (χ4n) is 2.12. The molecule has 0 radical (unpaired) electrons. The highest BCUT2D eigenvalue weighted by Crippen LogP contribution is 2.14. The minimum atomic E-state index is -3.47. The van der Waals surface area contributed by atoms with Crippen LogP contribution in [-0.4, -0.2) is 19.6 Å². The van der Waals surface area contributed by atoms with E-state index in [0.717, 1.165) is 32.1 Å². The molecule has 1 rings (SSSR count). The summed E-state index contributed by atoms with van der Waals surface area (Å²) in [7, 11) is -3.47. The summed E-state index contributed by atoms with van der Waals surface area (Å²) in [6, 6.07) is 6.35. The Morgan fingerprint density at radius 3 is 2.25 bits per heavy atom. The lowest BCUT2D eigenvalue weighted by atomic mass is 10.1. The monoisotopic (exact) mass is 299 g/mol. The molecule has 114 valence electrons. The molecule has 0 aliphatic rings. The van der Waals surface area contributed by atoms with Crippen LogP contribution in [0.5, 0.6) is 0 Å². The third-order valence-corrected chi connectivity index (χ3v) is 4.82. The van der Waals surface area contributed by atoms with Crippen molar-refractivity contribution in [2.45, 2.75) is 63.5 Å². The van der Waals surface area contributed by atoms with Crippen LogP contribution in [0.1, 0.15) is 51.5 Å². The van der Waals surface area contributed by atoms with Gasteiger partial charge in [-0.3, -0.25) is 0 Å². The second kappa shape index (κ2) is 8.39. The van der Waals surface area contributed by atoms with E-state index in [2.05, 4.69) is 18.6 Å². The maximum atomic E-state index is 12.3. The third-order valence-electron chi connectivity index (χ3n) is 3.28. The number of nitrogens with one attached hydrogen (secondary N) is 1. The lowest BCUT2D eigenvalue weighted by Gasteiger charge is -2.18. The predicted octanol–water partition coefficient (Wildman–Crippen LogP) is 2.82. The molecule has 0 heterocycles. The van der Waals surface area contributed by atoms with E-state index in [1.165, 1.54) is 12.1 Å². The smallest absolute Gasteiger partial charge is 0.240 e. The standard InChI is InChI=1S/C15H25NO3S/c1-3-5-7-14(6-4-2)16-20(18,19)15-10-8-13(12-17)9-11-15/h8-11,14,16-17H,3-7,12H2,1-2H3. The number of sulfonamides is 1. The van der Waals surface area contributed by atoms with Crippen LogP contribution in [0.25, 0.3) is 0 Å².